The first kappa shape index (κ1) is 24.4. The van der Waals surface area contributed by atoms with Gasteiger partial charge in [0.05, 0.1) is 29.0 Å². The van der Waals surface area contributed by atoms with Crippen LogP contribution in [0.3, 0.4) is 0 Å². The second-order valence-electron chi connectivity index (χ2n) is 8.98. The zero-order valence-electron chi connectivity index (χ0n) is 20.4. The highest BCUT2D eigenvalue weighted by atomic mass is 35.5. The van der Waals surface area contributed by atoms with Gasteiger partial charge in [-0.1, -0.05) is 17.7 Å². The summed E-state index contributed by atoms with van der Waals surface area (Å²) >= 11 is 6.15. The van der Waals surface area contributed by atoms with Crippen molar-refractivity contribution >= 4 is 62.8 Å². The molecule has 37 heavy (non-hydrogen) atoms. The summed E-state index contributed by atoms with van der Waals surface area (Å²) in [5.74, 6) is -0.878. The van der Waals surface area contributed by atoms with E-state index in [0.29, 0.717) is 56.4 Å². The molecule has 2 heterocycles. The van der Waals surface area contributed by atoms with Gasteiger partial charge in [0.1, 0.15) is 0 Å². The summed E-state index contributed by atoms with van der Waals surface area (Å²) in [6.45, 7) is 0.296. The molecule has 2 amide bonds. The average Bonchev–Trinajstić information content (AvgIpc) is 3.38. The van der Waals surface area contributed by atoms with Crippen molar-refractivity contribution < 1.29 is 14.0 Å². The Morgan fingerprint density at radius 2 is 1.76 bits per heavy atom. The first-order valence-electron chi connectivity index (χ1n) is 11.5. The van der Waals surface area contributed by atoms with Crippen LogP contribution >= 0.6 is 11.6 Å². The second kappa shape index (κ2) is 9.61. The normalized spacial score (nSPS) is 14.0. The first-order chi connectivity index (χ1) is 17.7. The third-order valence-electron chi connectivity index (χ3n) is 6.03. The van der Waals surface area contributed by atoms with E-state index in [1.54, 1.807) is 48.3 Å². The fraction of sp³-hybridized carbons (Fsp3) is 0.148. The van der Waals surface area contributed by atoms with Gasteiger partial charge in [-0.2, -0.15) is 0 Å². The zero-order valence-corrected chi connectivity index (χ0v) is 21.1. The molecule has 0 radical (unpaired) electrons. The predicted molar refractivity (Wildman–Crippen MR) is 146 cm³/mol. The van der Waals surface area contributed by atoms with Gasteiger partial charge in [-0.15, -0.1) is 0 Å². The quantitative estimate of drug-likeness (QED) is 0.330. The Hall–Kier alpha value is -4.34. The van der Waals surface area contributed by atoms with E-state index in [9.17, 15) is 14.4 Å². The minimum atomic E-state index is -0.559. The Balaban J connectivity index is 1.57. The van der Waals surface area contributed by atoms with Crippen LogP contribution < -0.4 is 21.3 Å². The highest BCUT2D eigenvalue weighted by Gasteiger charge is 2.29. The molecule has 0 fully saturated rings. The van der Waals surface area contributed by atoms with Gasteiger partial charge in [0.25, 0.3) is 5.91 Å². The maximum atomic E-state index is 13.1. The number of likely N-dealkylation sites (N-methyl/N-ethyl adjacent to an activating group) is 2. The van der Waals surface area contributed by atoms with Gasteiger partial charge in [0, 0.05) is 34.6 Å². The lowest BCUT2D eigenvalue weighted by molar-refractivity contribution is -0.119. The molecule has 0 saturated heterocycles. The average molecular weight is 518 g/mol. The van der Waals surface area contributed by atoms with Gasteiger partial charge in [0.15, 0.2) is 5.58 Å². The van der Waals surface area contributed by atoms with Crippen LogP contribution in [-0.4, -0.2) is 49.4 Å². The van der Waals surface area contributed by atoms with Crippen LogP contribution in [0.4, 0.5) is 17.1 Å². The monoisotopic (exact) mass is 517 g/mol. The fourth-order valence-corrected chi connectivity index (χ4v) is 4.39. The summed E-state index contributed by atoms with van der Waals surface area (Å²) in [4.78, 5) is 43.3. The number of halogens is 1. The molecule has 188 valence electrons. The number of fused-ring (bicyclic) bond motifs is 2. The van der Waals surface area contributed by atoms with Gasteiger partial charge >= 0.3 is 5.76 Å². The summed E-state index contributed by atoms with van der Waals surface area (Å²) in [5, 5.41) is 6.76. The molecule has 1 aliphatic heterocycles. The molecule has 3 N–H and O–H groups in total. The van der Waals surface area contributed by atoms with Crippen LogP contribution in [0.2, 0.25) is 5.02 Å². The summed E-state index contributed by atoms with van der Waals surface area (Å²) < 4.78 is 5.14. The molecule has 0 atom stereocenters. The number of anilines is 3. The molecule has 1 aliphatic rings. The minimum Gasteiger partial charge on any atom is -0.408 e. The number of nitrogens with zero attached hydrogens (tertiary/aromatic N) is 2. The van der Waals surface area contributed by atoms with Gasteiger partial charge in [-0.05, 0) is 68.7 Å². The van der Waals surface area contributed by atoms with Gasteiger partial charge in [-0.3, -0.25) is 14.6 Å². The number of rotatable bonds is 6. The third kappa shape index (κ3) is 4.87. The van der Waals surface area contributed by atoms with Crippen molar-refractivity contribution in [3.63, 3.8) is 0 Å². The zero-order chi connectivity index (χ0) is 26.3. The van der Waals surface area contributed by atoms with Gasteiger partial charge < -0.3 is 24.9 Å². The van der Waals surface area contributed by atoms with E-state index in [4.69, 9.17) is 16.0 Å². The summed E-state index contributed by atoms with van der Waals surface area (Å²) in [6, 6.07) is 17.8. The van der Waals surface area contributed by atoms with Crippen molar-refractivity contribution in [2.75, 3.05) is 43.2 Å². The van der Waals surface area contributed by atoms with Crippen LogP contribution in [0.1, 0.15) is 11.1 Å². The molecule has 10 heteroatoms. The standard InChI is InChI=1S/C27H24ClN5O4/c1-32(2)14-23(34)33(3)18-8-6-17(7-9-18)29-25(15-4-11-22-21(12-15)31-27(36)37-22)24-19-10-5-16(28)13-20(19)30-26(24)35/h4-13,29H,14H2,1-3H3,(H,30,35)(H,31,36)/b25-24-. The smallest absolute Gasteiger partial charge is 0.408 e. The molecule has 0 spiro atoms. The lowest BCUT2D eigenvalue weighted by atomic mass is 9.99. The van der Waals surface area contributed by atoms with E-state index in [2.05, 4.69) is 15.6 Å². The highest BCUT2D eigenvalue weighted by Crippen LogP contribution is 2.39. The molecule has 1 aromatic heterocycles. The Morgan fingerprint density at radius 1 is 1.00 bits per heavy atom. The molecule has 4 aromatic rings. The number of oxazole rings is 1. The SMILES string of the molecule is CN(C)CC(=O)N(C)c1ccc(N/C(=C2\C(=O)Nc3cc(Cl)ccc32)c2ccc3oc(=O)[nH]c3c2)cc1. The number of nitrogens with one attached hydrogen (secondary N) is 3. The van der Waals surface area contributed by atoms with Crippen LogP contribution in [0.5, 0.6) is 0 Å². The molecule has 0 unspecified atom stereocenters. The van der Waals surface area contributed by atoms with E-state index < -0.39 is 5.76 Å². The third-order valence-corrected chi connectivity index (χ3v) is 6.27. The van der Waals surface area contributed by atoms with E-state index in [1.165, 1.54) is 0 Å². The Kier molecular flexibility index (Phi) is 6.32. The Bertz CT molecular complexity index is 1620. The molecular weight excluding hydrogens is 494 g/mol. The number of carbonyl (C=O) groups excluding carboxylic acids is 2. The number of amides is 2. The van der Waals surface area contributed by atoms with Crippen LogP contribution in [-0.2, 0) is 9.59 Å². The van der Waals surface area contributed by atoms with Crippen LogP contribution in [0, 0.1) is 0 Å². The Labute approximate surface area is 217 Å². The molecule has 3 aromatic carbocycles. The van der Waals surface area contributed by atoms with Gasteiger partial charge in [-0.25, -0.2) is 4.79 Å². The number of H-pyrrole nitrogens is 1. The number of benzene rings is 3. The minimum absolute atomic E-state index is 0.0335. The van der Waals surface area contributed by atoms with E-state index in [0.717, 1.165) is 5.69 Å². The molecule has 9 nitrogen and oxygen atoms in total. The molecular formula is C27H24ClN5O4. The van der Waals surface area contributed by atoms with Crippen molar-refractivity contribution in [1.82, 2.24) is 9.88 Å². The molecule has 0 saturated carbocycles. The maximum Gasteiger partial charge on any atom is 0.417 e. The maximum absolute atomic E-state index is 13.1. The lowest BCUT2D eigenvalue weighted by Crippen LogP contribution is -2.34. The molecule has 0 bridgehead atoms. The van der Waals surface area contributed by atoms with E-state index >= 15 is 0 Å². The van der Waals surface area contributed by atoms with E-state index in [-0.39, 0.29) is 11.8 Å². The van der Waals surface area contributed by atoms with Crippen LogP contribution in [0.15, 0.2) is 69.9 Å². The van der Waals surface area contributed by atoms with E-state index in [1.807, 2.05) is 43.3 Å². The topological polar surface area (TPSA) is 111 Å². The molecule has 5 rings (SSSR count). The van der Waals surface area contributed by atoms with Crippen molar-refractivity contribution in [1.29, 1.82) is 0 Å². The molecule has 0 aliphatic carbocycles. The Morgan fingerprint density at radius 3 is 2.49 bits per heavy atom. The summed E-state index contributed by atoms with van der Waals surface area (Å²) in [5.41, 5.74) is 5.30. The predicted octanol–water partition coefficient (Wildman–Crippen LogP) is 4.23. The van der Waals surface area contributed by atoms with Crippen LogP contribution in [0.25, 0.3) is 22.4 Å². The van der Waals surface area contributed by atoms with Crippen molar-refractivity contribution in [3.8, 4) is 0 Å². The summed E-state index contributed by atoms with van der Waals surface area (Å²) in [6.07, 6.45) is 0. The van der Waals surface area contributed by atoms with Gasteiger partial charge in [0.2, 0.25) is 5.91 Å². The number of carbonyl (C=O) groups is 2. The lowest BCUT2D eigenvalue weighted by Gasteiger charge is -2.20. The fourth-order valence-electron chi connectivity index (χ4n) is 4.21. The second-order valence-corrected chi connectivity index (χ2v) is 9.42. The number of aromatic nitrogens is 1. The summed E-state index contributed by atoms with van der Waals surface area (Å²) in [7, 11) is 5.42. The number of hydrogen-bond donors (Lipinski definition) is 3. The van der Waals surface area contributed by atoms with Crippen molar-refractivity contribution in [2.24, 2.45) is 0 Å². The van der Waals surface area contributed by atoms with Crippen molar-refractivity contribution in [3.05, 3.63) is 87.4 Å². The highest BCUT2D eigenvalue weighted by molar-refractivity contribution is 6.38. The number of aromatic amines is 1. The largest absolute Gasteiger partial charge is 0.417 e. The van der Waals surface area contributed by atoms with Crippen molar-refractivity contribution in [2.45, 2.75) is 0 Å². The first-order valence-corrected chi connectivity index (χ1v) is 11.8. The number of hydrogen-bond acceptors (Lipinski definition) is 6.